The Kier molecular flexibility index (Phi) is 4.31. The normalized spacial score (nSPS) is 10.1. The lowest BCUT2D eigenvalue weighted by molar-refractivity contribution is 0.851. The summed E-state index contributed by atoms with van der Waals surface area (Å²) >= 11 is 0. The third-order valence-corrected chi connectivity index (χ3v) is 3.28. The smallest absolute Gasteiger partial charge is 0.146 e. The zero-order valence-corrected chi connectivity index (χ0v) is 12.1. The maximum atomic E-state index is 9.30. The van der Waals surface area contributed by atoms with Crippen LogP contribution >= 0.6 is 0 Å². The molecule has 0 unspecified atom stereocenters. The number of nitriles is 1. The van der Waals surface area contributed by atoms with E-state index in [4.69, 9.17) is 0 Å². The van der Waals surface area contributed by atoms with Gasteiger partial charge >= 0.3 is 0 Å². The highest BCUT2D eigenvalue weighted by Gasteiger charge is 2.12. The molecule has 102 valence electrons. The second-order valence-electron chi connectivity index (χ2n) is 4.92. The molecule has 0 aliphatic heterocycles. The Labute approximate surface area is 119 Å². The van der Waals surface area contributed by atoms with E-state index >= 15 is 0 Å². The number of aromatic nitrogens is 2. The molecule has 2 aromatic heterocycles. The summed E-state index contributed by atoms with van der Waals surface area (Å²) in [5, 5.41) is 9.30. The molecule has 0 saturated heterocycles. The summed E-state index contributed by atoms with van der Waals surface area (Å²) in [6.07, 6.45) is 4.49. The van der Waals surface area contributed by atoms with Gasteiger partial charge in [-0.3, -0.25) is 4.98 Å². The van der Waals surface area contributed by atoms with Crippen molar-refractivity contribution < 1.29 is 0 Å². The molecule has 0 fully saturated rings. The van der Waals surface area contributed by atoms with Crippen LogP contribution in [0, 0.1) is 25.2 Å². The Hall–Kier alpha value is -2.41. The lowest BCUT2D eigenvalue weighted by atomic mass is 10.1. The van der Waals surface area contributed by atoms with Crippen molar-refractivity contribution >= 4 is 5.82 Å². The van der Waals surface area contributed by atoms with Gasteiger partial charge in [-0.1, -0.05) is 0 Å². The summed E-state index contributed by atoms with van der Waals surface area (Å²) in [7, 11) is 1.98. The first-order valence-corrected chi connectivity index (χ1v) is 6.60. The van der Waals surface area contributed by atoms with Crippen LogP contribution in [0.4, 0.5) is 5.82 Å². The Morgan fingerprint density at radius 2 is 1.95 bits per heavy atom. The Balaban J connectivity index is 2.17. The monoisotopic (exact) mass is 266 g/mol. The number of rotatable bonds is 4. The second kappa shape index (κ2) is 6.16. The van der Waals surface area contributed by atoms with Crippen molar-refractivity contribution in [3.05, 3.63) is 53.0 Å². The Morgan fingerprint density at radius 3 is 2.60 bits per heavy atom. The molecule has 0 saturated carbocycles. The van der Waals surface area contributed by atoms with Gasteiger partial charge in [-0.2, -0.15) is 5.26 Å². The van der Waals surface area contributed by atoms with Crippen molar-refractivity contribution in [1.29, 1.82) is 5.26 Å². The van der Waals surface area contributed by atoms with E-state index in [9.17, 15) is 5.26 Å². The Bertz CT molecular complexity index is 629. The lowest BCUT2D eigenvalue weighted by Crippen LogP contribution is -2.23. The van der Waals surface area contributed by atoms with E-state index in [0.717, 1.165) is 30.0 Å². The van der Waals surface area contributed by atoms with E-state index in [2.05, 4.69) is 16.0 Å². The molecule has 2 heterocycles. The number of hydrogen-bond donors (Lipinski definition) is 0. The number of nitrogens with zero attached hydrogens (tertiary/aromatic N) is 4. The maximum absolute atomic E-state index is 9.30. The molecule has 4 nitrogen and oxygen atoms in total. The van der Waals surface area contributed by atoms with Gasteiger partial charge in [0.1, 0.15) is 11.9 Å². The largest absolute Gasteiger partial charge is 0.358 e. The van der Waals surface area contributed by atoms with Gasteiger partial charge < -0.3 is 4.90 Å². The first kappa shape index (κ1) is 14.0. The molecule has 2 rings (SSSR count). The molecule has 0 spiro atoms. The summed E-state index contributed by atoms with van der Waals surface area (Å²) in [4.78, 5) is 10.6. The minimum absolute atomic E-state index is 0.660. The van der Waals surface area contributed by atoms with Crippen LogP contribution in [0.3, 0.4) is 0 Å². The quantitative estimate of drug-likeness (QED) is 0.853. The van der Waals surface area contributed by atoms with Crippen LogP contribution in [0.25, 0.3) is 0 Å². The SMILES string of the molecule is Cc1cc(C)c(C#N)c(N(C)CCc2ccncc2)n1. The van der Waals surface area contributed by atoms with Gasteiger partial charge in [0.15, 0.2) is 0 Å². The highest BCUT2D eigenvalue weighted by molar-refractivity contribution is 5.57. The van der Waals surface area contributed by atoms with Crippen molar-refractivity contribution in [3.8, 4) is 6.07 Å². The van der Waals surface area contributed by atoms with Crippen LogP contribution in [-0.2, 0) is 6.42 Å². The number of anilines is 1. The van der Waals surface area contributed by atoms with Gasteiger partial charge in [0.2, 0.25) is 0 Å². The Morgan fingerprint density at radius 1 is 1.25 bits per heavy atom. The molecule has 4 heteroatoms. The van der Waals surface area contributed by atoms with Gasteiger partial charge in [0.25, 0.3) is 0 Å². The summed E-state index contributed by atoms with van der Waals surface area (Å²) in [5.41, 5.74) is 3.81. The van der Waals surface area contributed by atoms with Crippen molar-refractivity contribution in [2.24, 2.45) is 0 Å². The summed E-state index contributed by atoms with van der Waals surface area (Å²) in [6, 6.07) is 8.22. The third-order valence-electron chi connectivity index (χ3n) is 3.28. The number of likely N-dealkylation sites (N-methyl/N-ethyl adjacent to an activating group) is 1. The molecule has 0 aliphatic carbocycles. The zero-order valence-electron chi connectivity index (χ0n) is 12.1. The lowest BCUT2D eigenvalue weighted by Gasteiger charge is -2.20. The number of aryl methyl sites for hydroxylation is 2. The average Bonchev–Trinajstić information content (AvgIpc) is 2.45. The van der Waals surface area contributed by atoms with Crippen LogP contribution in [-0.4, -0.2) is 23.6 Å². The van der Waals surface area contributed by atoms with E-state index in [1.807, 2.05) is 44.0 Å². The van der Waals surface area contributed by atoms with Gasteiger partial charge in [-0.05, 0) is 49.6 Å². The molecule has 20 heavy (non-hydrogen) atoms. The van der Waals surface area contributed by atoms with Crippen molar-refractivity contribution in [2.75, 3.05) is 18.5 Å². The van der Waals surface area contributed by atoms with E-state index in [1.54, 1.807) is 12.4 Å². The standard InChI is InChI=1S/C16H18N4/c1-12-10-13(2)19-16(15(12)11-17)20(3)9-6-14-4-7-18-8-5-14/h4-5,7-8,10H,6,9H2,1-3H3. The highest BCUT2D eigenvalue weighted by atomic mass is 15.2. The number of pyridine rings is 2. The minimum Gasteiger partial charge on any atom is -0.358 e. The molecule has 0 atom stereocenters. The van der Waals surface area contributed by atoms with Crippen LogP contribution in [0.1, 0.15) is 22.4 Å². The van der Waals surface area contributed by atoms with Crippen LogP contribution in [0.5, 0.6) is 0 Å². The summed E-state index contributed by atoms with van der Waals surface area (Å²) in [5.74, 6) is 0.763. The molecular weight excluding hydrogens is 248 g/mol. The fraction of sp³-hybridized carbons (Fsp3) is 0.312. The van der Waals surface area contributed by atoms with E-state index in [-0.39, 0.29) is 0 Å². The topological polar surface area (TPSA) is 52.8 Å². The van der Waals surface area contributed by atoms with Crippen molar-refractivity contribution in [2.45, 2.75) is 20.3 Å². The van der Waals surface area contributed by atoms with Gasteiger partial charge in [-0.15, -0.1) is 0 Å². The fourth-order valence-electron chi connectivity index (χ4n) is 2.18. The minimum atomic E-state index is 0.660. The highest BCUT2D eigenvalue weighted by Crippen LogP contribution is 2.20. The molecule has 0 amide bonds. The average molecular weight is 266 g/mol. The summed E-state index contributed by atoms with van der Waals surface area (Å²) < 4.78 is 0. The predicted molar refractivity (Wildman–Crippen MR) is 79.6 cm³/mol. The van der Waals surface area contributed by atoms with Crippen LogP contribution < -0.4 is 4.90 Å². The molecule has 0 radical (unpaired) electrons. The van der Waals surface area contributed by atoms with E-state index in [1.165, 1.54) is 5.56 Å². The first-order chi connectivity index (χ1) is 9.61. The second-order valence-corrected chi connectivity index (χ2v) is 4.92. The molecule has 0 bridgehead atoms. The zero-order chi connectivity index (χ0) is 14.5. The van der Waals surface area contributed by atoms with Crippen LogP contribution in [0.15, 0.2) is 30.6 Å². The molecular formula is C16H18N4. The van der Waals surface area contributed by atoms with Gasteiger partial charge in [0, 0.05) is 31.7 Å². The van der Waals surface area contributed by atoms with Crippen molar-refractivity contribution in [3.63, 3.8) is 0 Å². The molecule has 0 N–H and O–H groups in total. The van der Waals surface area contributed by atoms with Gasteiger partial charge in [-0.25, -0.2) is 4.98 Å². The third kappa shape index (κ3) is 3.12. The molecule has 0 aliphatic rings. The number of hydrogen-bond acceptors (Lipinski definition) is 4. The van der Waals surface area contributed by atoms with Gasteiger partial charge in [0.05, 0.1) is 5.56 Å². The predicted octanol–water partition coefficient (Wildman–Crippen LogP) is 2.64. The van der Waals surface area contributed by atoms with Crippen LogP contribution in [0.2, 0.25) is 0 Å². The molecule has 2 aromatic rings. The first-order valence-electron chi connectivity index (χ1n) is 6.60. The maximum Gasteiger partial charge on any atom is 0.146 e. The van der Waals surface area contributed by atoms with E-state index < -0.39 is 0 Å². The molecule has 0 aromatic carbocycles. The van der Waals surface area contributed by atoms with Crippen molar-refractivity contribution in [1.82, 2.24) is 9.97 Å². The van der Waals surface area contributed by atoms with E-state index in [0.29, 0.717) is 5.56 Å². The summed E-state index contributed by atoms with van der Waals surface area (Å²) in [6.45, 7) is 4.72. The fourth-order valence-corrected chi connectivity index (χ4v) is 2.18.